The molecule has 7 nitrogen and oxygen atoms in total. The SMILES string of the molecule is CCN(CC(=O)Nc1nc(-c2ccc(Cl)cc2)cn1-c1cccc(C)c1)C(=O)c1cccc(OC)c1. The number of aromatic nitrogens is 2. The molecule has 0 unspecified atom stereocenters. The van der Waals surface area contributed by atoms with Crippen molar-refractivity contribution in [3.8, 4) is 22.7 Å². The van der Waals surface area contributed by atoms with Gasteiger partial charge in [-0.15, -0.1) is 0 Å². The van der Waals surface area contributed by atoms with Crippen LogP contribution in [0.1, 0.15) is 22.8 Å². The zero-order valence-corrected chi connectivity index (χ0v) is 21.1. The van der Waals surface area contributed by atoms with E-state index in [0.717, 1.165) is 16.8 Å². The van der Waals surface area contributed by atoms with Crippen LogP contribution in [0.5, 0.6) is 5.75 Å². The van der Waals surface area contributed by atoms with Gasteiger partial charge in [-0.3, -0.25) is 19.5 Å². The Kier molecular flexibility index (Phi) is 7.71. The summed E-state index contributed by atoms with van der Waals surface area (Å²) in [5.74, 6) is 0.336. The summed E-state index contributed by atoms with van der Waals surface area (Å²) >= 11 is 6.04. The van der Waals surface area contributed by atoms with Crippen LogP contribution in [0, 0.1) is 6.92 Å². The lowest BCUT2D eigenvalue weighted by Crippen LogP contribution is -2.38. The molecule has 0 spiro atoms. The summed E-state index contributed by atoms with van der Waals surface area (Å²) in [6, 6.07) is 22.1. The minimum atomic E-state index is -0.352. The number of benzene rings is 3. The third kappa shape index (κ3) is 5.75. The highest BCUT2D eigenvalue weighted by Gasteiger charge is 2.20. The highest BCUT2D eigenvalue weighted by atomic mass is 35.5. The van der Waals surface area contributed by atoms with Crippen molar-refractivity contribution in [2.45, 2.75) is 13.8 Å². The van der Waals surface area contributed by atoms with Gasteiger partial charge in [-0.25, -0.2) is 4.98 Å². The fraction of sp³-hybridized carbons (Fsp3) is 0.179. The molecule has 0 saturated carbocycles. The highest BCUT2D eigenvalue weighted by Crippen LogP contribution is 2.26. The number of ether oxygens (including phenoxy) is 1. The first-order valence-electron chi connectivity index (χ1n) is 11.5. The zero-order chi connectivity index (χ0) is 25.7. The summed E-state index contributed by atoms with van der Waals surface area (Å²) in [6.07, 6.45) is 1.87. The van der Waals surface area contributed by atoms with E-state index < -0.39 is 0 Å². The summed E-state index contributed by atoms with van der Waals surface area (Å²) in [7, 11) is 1.54. The molecule has 0 aliphatic rings. The molecule has 2 amide bonds. The smallest absolute Gasteiger partial charge is 0.254 e. The van der Waals surface area contributed by atoms with E-state index in [4.69, 9.17) is 16.3 Å². The molecular weight excluding hydrogens is 476 g/mol. The van der Waals surface area contributed by atoms with E-state index in [-0.39, 0.29) is 18.4 Å². The van der Waals surface area contributed by atoms with Crippen molar-refractivity contribution in [1.82, 2.24) is 14.5 Å². The van der Waals surface area contributed by atoms with Crippen molar-refractivity contribution in [3.63, 3.8) is 0 Å². The highest BCUT2D eigenvalue weighted by molar-refractivity contribution is 6.30. The average Bonchev–Trinajstić information content (AvgIpc) is 3.30. The van der Waals surface area contributed by atoms with E-state index in [1.54, 1.807) is 43.5 Å². The number of amides is 2. The lowest BCUT2D eigenvalue weighted by molar-refractivity contribution is -0.116. The lowest BCUT2D eigenvalue weighted by Gasteiger charge is -2.20. The largest absolute Gasteiger partial charge is 0.497 e. The monoisotopic (exact) mass is 502 g/mol. The minimum Gasteiger partial charge on any atom is -0.497 e. The molecule has 1 heterocycles. The van der Waals surface area contributed by atoms with Crippen LogP contribution in [0.2, 0.25) is 5.02 Å². The normalized spacial score (nSPS) is 10.7. The summed E-state index contributed by atoms with van der Waals surface area (Å²) in [5, 5.41) is 3.52. The Morgan fingerprint density at radius 1 is 1.06 bits per heavy atom. The molecule has 3 aromatic carbocycles. The number of imidazole rings is 1. The number of hydrogen-bond donors (Lipinski definition) is 1. The average molecular weight is 503 g/mol. The second kappa shape index (κ2) is 11.1. The van der Waals surface area contributed by atoms with Gasteiger partial charge in [0.05, 0.1) is 12.8 Å². The Labute approximate surface area is 215 Å². The van der Waals surface area contributed by atoms with Gasteiger partial charge in [-0.1, -0.05) is 41.9 Å². The van der Waals surface area contributed by atoms with E-state index in [9.17, 15) is 9.59 Å². The number of nitrogens with zero attached hydrogens (tertiary/aromatic N) is 3. The molecule has 0 radical (unpaired) electrons. The van der Waals surface area contributed by atoms with Gasteiger partial charge in [-0.2, -0.15) is 0 Å². The van der Waals surface area contributed by atoms with Gasteiger partial charge in [0.1, 0.15) is 12.3 Å². The first-order chi connectivity index (χ1) is 17.4. The quantitative estimate of drug-likeness (QED) is 0.340. The number of methoxy groups -OCH3 is 1. The number of carbonyl (C=O) groups excluding carboxylic acids is 2. The van der Waals surface area contributed by atoms with Crippen LogP contribution in [-0.2, 0) is 4.79 Å². The van der Waals surface area contributed by atoms with Crippen LogP contribution in [0.25, 0.3) is 16.9 Å². The molecule has 0 atom stereocenters. The Balaban J connectivity index is 1.59. The maximum absolute atomic E-state index is 13.1. The Bertz CT molecular complexity index is 1380. The van der Waals surface area contributed by atoms with Crippen molar-refractivity contribution >= 4 is 29.4 Å². The Hall–Kier alpha value is -4.10. The lowest BCUT2D eigenvalue weighted by atomic mass is 10.2. The topological polar surface area (TPSA) is 76.5 Å². The third-order valence-electron chi connectivity index (χ3n) is 5.70. The van der Waals surface area contributed by atoms with Crippen molar-refractivity contribution < 1.29 is 14.3 Å². The fourth-order valence-electron chi connectivity index (χ4n) is 3.81. The van der Waals surface area contributed by atoms with Crippen LogP contribution >= 0.6 is 11.6 Å². The standard InChI is InChI=1S/C28H27ClN4O3/c1-4-32(27(35)21-8-6-10-24(16-21)36-3)18-26(34)31-28-30-25(20-11-13-22(29)14-12-20)17-33(28)23-9-5-7-19(2)15-23/h5-17H,4,18H2,1-3H3,(H,30,31,34). The van der Waals surface area contributed by atoms with E-state index in [1.165, 1.54) is 4.90 Å². The molecule has 4 rings (SSSR count). The second-order valence-electron chi connectivity index (χ2n) is 8.27. The van der Waals surface area contributed by atoms with Crippen LogP contribution in [0.4, 0.5) is 5.95 Å². The molecule has 0 aliphatic heterocycles. The number of anilines is 1. The molecule has 4 aromatic rings. The zero-order valence-electron chi connectivity index (χ0n) is 20.4. The van der Waals surface area contributed by atoms with Gasteiger partial charge in [0.2, 0.25) is 11.9 Å². The Morgan fingerprint density at radius 2 is 1.81 bits per heavy atom. The fourth-order valence-corrected chi connectivity index (χ4v) is 3.93. The van der Waals surface area contributed by atoms with Gasteiger partial charge in [0, 0.05) is 34.6 Å². The van der Waals surface area contributed by atoms with Gasteiger partial charge in [0.25, 0.3) is 5.91 Å². The summed E-state index contributed by atoms with van der Waals surface area (Å²) in [6.45, 7) is 4.08. The van der Waals surface area contributed by atoms with Gasteiger partial charge in [-0.05, 0) is 61.9 Å². The van der Waals surface area contributed by atoms with E-state index in [2.05, 4.69) is 10.3 Å². The predicted molar refractivity (Wildman–Crippen MR) is 142 cm³/mol. The van der Waals surface area contributed by atoms with E-state index in [1.807, 2.05) is 61.0 Å². The summed E-state index contributed by atoms with van der Waals surface area (Å²) < 4.78 is 7.05. The van der Waals surface area contributed by atoms with Crippen LogP contribution in [0.3, 0.4) is 0 Å². The molecule has 0 fully saturated rings. The number of aryl methyl sites for hydroxylation is 1. The van der Waals surface area contributed by atoms with E-state index >= 15 is 0 Å². The first-order valence-corrected chi connectivity index (χ1v) is 11.9. The van der Waals surface area contributed by atoms with Crippen LogP contribution in [-0.4, -0.2) is 46.5 Å². The van der Waals surface area contributed by atoms with Crippen molar-refractivity contribution in [3.05, 3.63) is 95.1 Å². The first kappa shape index (κ1) is 25.0. The molecule has 0 saturated heterocycles. The molecule has 8 heteroatoms. The summed E-state index contributed by atoms with van der Waals surface area (Å²) in [5.41, 5.74) is 3.94. The predicted octanol–water partition coefficient (Wildman–Crippen LogP) is 5.61. The number of hydrogen-bond acceptors (Lipinski definition) is 4. The minimum absolute atomic E-state index is 0.122. The number of carbonyl (C=O) groups is 2. The van der Waals surface area contributed by atoms with Crippen molar-refractivity contribution in [2.75, 3.05) is 25.5 Å². The summed E-state index contributed by atoms with van der Waals surface area (Å²) in [4.78, 5) is 32.3. The van der Waals surface area contributed by atoms with Crippen molar-refractivity contribution in [1.29, 1.82) is 0 Å². The maximum Gasteiger partial charge on any atom is 0.254 e. The maximum atomic E-state index is 13.1. The van der Waals surface area contributed by atoms with Gasteiger partial charge in [0.15, 0.2) is 0 Å². The van der Waals surface area contributed by atoms with Crippen LogP contribution < -0.4 is 10.1 Å². The van der Waals surface area contributed by atoms with Crippen molar-refractivity contribution in [2.24, 2.45) is 0 Å². The third-order valence-corrected chi connectivity index (χ3v) is 5.95. The molecule has 0 bridgehead atoms. The molecule has 0 aliphatic carbocycles. The molecular formula is C28H27ClN4O3. The van der Waals surface area contributed by atoms with Gasteiger partial charge < -0.3 is 9.64 Å². The van der Waals surface area contributed by atoms with Crippen LogP contribution in [0.15, 0.2) is 79.0 Å². The number of halogens is 1. The van der Waals surface area contributed by atoms with Gasteiger partial charge >= 0.3 is 0 Å². The molecule has 184 valence electrons. The number of likely N-dealkylation sites (N-methyl/N-ethyl adjacent to an activating group) is 1. The molecule has 1 N–H and O–H groups in total. The number of nitrogens with one attached hydrogen (secondary N) is 1. The Morgan fingerprint density at radius 3 is 2.50 bits per heavy atom. The van der Waals surface area contributed by atoms with E-state index in [0.29, 0.717) is 34.5 Å². The molecule has 36 heavy (non-hydrogen) atoms. The second-order valence-corrected chi connectivity index (χ2v) is 8.70. The molecule has 1 aromatic heterocycles. The number of rotatable bonds is 8.